The molecule has 0 saturated carbocycles. The van der Waals surface area contributed by atoms with Gasteiger partial charge in [0.05, 0.1) is 9.73 Å². The molecule has 2 aromatic carbocycles. The molecule has 1 atom stereocenters. The number of aromatic nitrogens is 2. The molecule has 1 amide bonds. The minimum Gasteiger partial charge on any atom is -0.431 e. The van der Waals surface area contributed by atoms with E-state index in [1.54, 1.807) is 0 Å². The number of nitrogens with zero attached hydrogens (tertiary/aromatic N) is 2. The van der Waals surface area contributed by atoms with Crippen LogP contribution in [0.25, 0.3) is 0 Å². The molecule has 0 bridgehead atoms. The van der Waals surface area contributed by atoms with Gasteiger partial charge in [-0.05, 0) is 30.7 Å². The van der Waals surface area contributed by atoms with Crippen LogP contribution in [-0.4, -0.2) is 32.9 Å². The minimum atomic E-state index is -5.29. The molecule has 38 heavy (non-hydrogen) atoms. The van der Waals surface area contributed by atoms with E-state index in [0.717, 1.165) is 19.2 Å². The lowest BCUT2D eigenvalue weighted by atomic mass is 10.1. The molecule has 1 unspecified atom stereocenters. The highest BCUT2D eigenvalue weighted by Gasteiger charge is 2.38. The van der Waals surface area contributed by atoms with E-state index in [1.807, 2.05) is 0 Å². The highest BCUT2D eigenvalue weighted by molar-refractivity contribution is 7.91. The van der Waals surface area contributed by atoms with Crippen LogP contribution in [0.15, 0.2) is 41.3 Å². The van der Waals surface area contributed by atoms with Crippen molar-refractivity contribution in [3.63, 3.8) is 0 Å². The molecule has 3 aromatic rings. The van der Waals surface area contributed by atoms with Gasteiger partial charge in [-0.15, -0.1) is 23.4 Å². The van der Waals surface area contributed by atoms with E-state index in [-0.39, 0.29) is 22.7 Å². The lowest BCUT2D eigenvalue weighted by molar-refractivity contribution is -0.274. The predicted molar refractivity (Wildman–Crippen MR) is 114 cm³/mol. The number of amides is 1. The second kappa shape index (κ2) is 10.0. The normalized spacial score (nSPS) is 13.5. The highest BCUT2D eigenvalue weighted by Crippen LogP contribution is 2.37. The first-order valence-corrected chi connectivity index (χ1v) is 11.9. The van der Waals surface area contributed by atoms with Crippen LogP contribution in [0, 0.1) is 23.3 Å². The third kappa shape index (κ3) is 6.64. The Balaban J connectivity index is 2.08. The Morgan fingerprint density at radius 3 is 2.16 bits per heavy atom. The summed E-state index contributed by atoms with van der Waals surface area (Å²) in [6, 6.07) is 5.14. The largest absolute Gasteiger partial charge is 0.573 e. The van der Waals surface area contributed by atoms with Crippen LogP contribution >= 0.6 is 0 Å². The maximum atomic E-state index is 14.4. The first-order valence-electron chi connectivity index (χ1n) is 9.89. The second-order valence-electron chi connectivity index (χ2n) is 7.54. The molecule has 1 aromatic heterocycles. The number of carbonyl (C=O) groups excluding carboxylic acids is 1. The maximum Gasteiger partial charge on any atom is 0.573 e. The van der Waals surface area contributed by atoms with Gasteiger partial charge in [-0.3, -0.25) is 4.79 Å². The van der Waals surface area contributed by atoms with Gasteiger partial charge in [0.1, 0.15) is 11.3 Å². The summed E-state index contributed by atoms with van der Waals surface area (Å²) in [4.78, 5) is 13.0. The van der Waals surface area contributed by atoms with Crippen LogP contribution in [0.5, 0.6) is 17.4 Å². The molecule has 2 N–H and O–H groups in total. The third-order valence-corrected chi connectivity index (χ3v) is 5.78. The Hall–Kier alpha value is -4.02. The second-order valence-corrected chi connectivity index (χ2v) is 9.70. The smallest absolute Gasteiger partial charge is 0.431 e. The number of anilines is 1. The van der Waals surface area contributed by atoms with Crippen molar-refractivity contribution in [2.75, 3.05) is 11.6 Å². The van der Waals surface area contributed by atoms with E-state index in [1.165, 1.54) is 18.2 Å². The van der Waals surface area contributed by atoms with E-state index in [2.05, 4.69) is 20.3 Å². The van der Waals surface area contributed by atoms with E-state index < -0.39 is 74.0 Å². The lowest BCUT2D eigenvalue weighted by Gasteiger charge is -2.17. The molecule has 17 heteroatoms. The molecule has 3 rings (SSSR count). The SMILES string of the molecule is Cc1c(C(F)(F)F)nnc(Oc2c(F)cc(OC(F)(F)F)cc2F)c1C(=O)Nc1cccc(S(C)(=N)=O)c1. The van der Waals surface area contributed by atoms with Crippen molar-refractivity contribution in [2.45, 2.75) is 24.4 Å². The Morgan fingerprint density at radius 2 is 1.63 bits per heavy atom. The molecule has 204 valence electrons. The van der Waals surface area contributed by atoms with Gasteiger partial charge in [0, 0.05) is 29.0 Å². The Kier molecular flexibility index (Phi) is 7.54. The van der Waals surface area contributed by atoms with Gasteiger partial charge in [0.25, 0.3) is 11.8 Å². The summed E-state index contributed by atoms with van der Waals surface area (Å²) in [6.45, 7) is 0.797. The van der Waals surface area contributed by atoms with Crippen LogP contribution in [0.1, 0.15) is 21.6 Å². The maximum absolute atomic E-state index is 14.4. The summed E-state index contributed by atoms with van der Waals surface area (Å²) in [5.74, 6) is -8.70. The molecular formula is C21H14F8N4O4S. The molecule has 0 spiro atoms. The standard InChI is InChI=1S/C21H14F8N4O4S/c1-9-15(18(34)31-10-4-3-5-12(6-10)38(2,30)35)19(33-32-17(9)20(24,25)26)36-16-13(22)7-11(8-14(16)23)37-21(27,28)29/h3-8,30H,1-2H3,(H,31,34). The fourth-order valence-electron chi connectivity index (χ4n) is 3.04. The van der Waals surface area contributed by atoms with Gasteiger partial charge in [-0.25, -0.2) is 17.8 Å². The van der Waals surface area contributed by atoms with Crippen LogP contribution < -0.4 is 14.8 Å². The number of hydrogen-bond acceptors (Lipinski definition) is 7. The summed E-state index contributed by atoms with van der Waals surface area (Å²) in [7, 11) is -3.24. The molecule has 0 aliphatic heterocycles. The number of halogens is 8. The third-order valence-electron chi connectivity index (χ3n) is 4.63. The van der Waals surface area contributed by atoms with Crippen molar-refractivity contribution in [1.82, 2.24) is 10.2 Å². The molecule has 0 saturated heterocycles. The number of benzene rings is 2. The van der Waals surface area contributed by atoms with Crippen molar-refractivity contribution >= 4 is 21.3 Å². The first-order chi connectivity index (χ1) is 17.4. The van der Waals surface area contributed by atoms with Crippen molar-refractivity contribution < 1.29 is 53.6 Å². The Labute approximate surface area is 208 Å². The lowest BCUT2D eigenvalue weighted by Crippen LogP contribution is -2.21. The monoisotopic (exact) mass is 570 g/mol. The number of alkyl halides is 6. The van der Waals surface area contributed by atoms with Crippen LogP contribution in [0.2, 0.25) is 0 Å². The van der Waals surface area contributed by atoms with Crippen molar-refractivity contribution in [3.8, 4) is 17.4 Å². The fourth-order valence-corrected chi connectivity index (χ4v) is 3.73. The zero-order valence-electron chi connectivity index (χ0n) is 18.9. The van der Waals surface area contributed by atoms with Crippen molar-refractivity contribution in [2.24, 2.45) is 0 Å². The van der Waals surface area contributed by atoms with E-state index >= 15 is 0 Å². The number of hydrogen-bond donors (Lipinski definition) is 2. The minimum absolute atomic E-state index is 0.0300. The Morgan fingerprint density at radius 1 is 1.03 bits per heavy atom. The van der Waals surface area contributed by atoms with Gasteiger partial charge < -0.3 is 14.8 Å². The molecular weight excluding hydrogens is 556 g/mol. The van der Waals surface area contributed by atoms with Crippen molar-refractivity contribution in [1.29, 1.82) is 4.78 Å². The number of ether oxygens (including phenoxy) is 2. The highest BCUT2D eigenvalue weighted by atomic mass is 32.2. The van der Waals surface area contributed by atoms with Crippen LogP contribution in [-0.2, 0) is 15.9 Å². The summed E-state index contributed by atoms with van der Waals surface area (Å²) >= 11 is 0. The Bertz CT molecular complexity index is 1490. The van der Waals surface area contributed by atoms with Gasteiger partial charge in [0.2, 0.25) is 5.75 Å². The molecule has 0 fully saturated rings. The molecule has 8 nitrogen and oxygen atoms in total. The molecule has 1 heterocycles. The number of nitrogens with one attached hydrogen (secondary N) is 2. The van der Waals surface area contributed by atoms with E-state index in [0.29, 0.717) is 0 Å². The molecule has 0 aliphatic rings. The summed E-state index contributed by atoms with van der Waals surface area (Å²) in [5.41, 5.74) is -3.60. The summed E-state index contributed by atoms with van der Waals surface area (Å²) in [6.07, 6.45) is -9.32. The molecule has 0 radical (unpaired) electrons. The van der Waals surface area contributed by atoms with Gasteiger partial charge in [-0.2, -0.15) is 13.2 Å². The number of carbonyl (C=O) groups is 1. The summed E-state index contributed by atoms with van der Waals surface area (Å²) in [5, 5.41) is 8.20. The van der Waals surface area contributed by atoms with E-state index in [4.69, 9.17) is 9.52 Å². The number of rotatable bonds is 6. The summed E-state index contributed by atoms with van der Waals surface area (Å²) < 4.78 is 134. The zero-order valence-corrected chi connectivity index (χ0v) is 19.7. The van der Waals surface area contributed by atoms with Gasteiger partial charge in [0.15, 0.2) is 17.3 Å². The quantitative estimate of drug-likeness (QED) is 0.349. The van der Waals surface area contributed by atoms with Crippen LogP contribution in [0.3, 0.4) is 0 Å². The average molecular weight is 570 g/mol. The molecule has 0 aliphatic carbocycles. The van der Waals surface area contributed by atoms with E-state index in [9.17, 15) is 44.1 Å². The predicted octanol–water partition coefficient (Wildman–Crippen LogP) is 6.06. The first kappa shape index (κ1) is 28.5. The zero-order chi connectivity index (χ0) is 28.6. The van der Waals surface area contributed by atoms with Crippen molar-refractivity contribution in [3.05, 3.63) is 64.9 Å². The van der Waals surface area contributed by atoms with Crippen LogP contribution in [0.4, 0.5) is 40.8 Å². The topological polar surface area (TPSA) is 114 Å². The average Bonchev–Trinajstić information content (AvgIpc) is 2.73. The fraction of sp³-hybridized carbons (Fsp3) is 0.190. The van der Waals surface area contributed by atoms with Gasteiger partial charge >= 0.3 is 12.5 Å². The van der Waals surface area contributed by atoms with Gasteiger partial charge in [-0.1, -0.05) is 6.07 Å².